The van der Waals surface area contributed by atoms with E-state index in [-0.39, 0.29) is 17.0 Å². The lowest BCUT2D eigenvalue weighted by molar-refractivity contribution is -0.151. The second-order valence-electron chi connectivity index (χ2n) is 8.82. The Morgan fingerprint density at radius 1 is 1.22 bits per heavy atom. The number of hydrogen-bond donors (Lipinski definition) is 0. The molecule has 148 valence electrons. The third-order valence-electron chi connectivity index (χ3n) is 6.22. The SMILES string of the molecule is COC(=O)[C@@H]1C(=O)N2c3cc(OC)ccc3C[C@@H]2[C@H]1O[Si](C)(C)C(C)(C)C. The number of nitrogens with zero attached hydrogens (tertiary/aromatic N) is 1. The van der Waals surface area contributed by atoms with Gasteiger partial charge in [0.1, 0.15) is 5.75 Å². The molecule has 0 bridgehead atoms. The van der Waals surface area contributed by atoms with Crippen LogP contribution >= 0.6 is 0 Å². The number of benzene rings is 1. The molecular weight excluding hydrogens is 362 g/mol. The number of hydrogen-bond acceptors (Lipinski definition) is 5. The molecule has 0 unspecified atom stereocenters. The van der Waals surface area contributed by atoms with E-state index in [2.05, 4.69) is 33.9 Å². The fourth-order valence-corrected chi connectivity index (χ4v) is 4.97. The Kier molecular flexibility index (Phi) is 4.89. The monoisotopic (exact) mass is 391 g/mol. The van der Waals surface area contributed by atoms with Gasteiger partial charge in [-0.1, -0.05) is 26.8 Å². The summed E-state index contributed by atoms with van der Waals surface area (Å²) in [4.78, 5) is 27.4. The number of amides is 1. The maximum Gasteiger partial charge on any atom is 0.320 e. The van der Waals surface area contributed by atoms with Crippen LogP contribution in [-0.4, -0.2) is 46.6 Å². The Bertz CT molecular complexity index is 770. The number of anilines is 1. The molecule has 3 atom stereocenters. The van der Waals surface area contributed by atoms with Gasteiger partial charge in [-0.15, -0.1) is 0 Å². The van der Waals surface area contributed by atoms with Crippen molar-refractivity contribution in [2.45, 2.75) is 57.5 Å². The van der Waals surface area contributed by atoms with Gasteiger partial charge in [-0.3, -0.25) is 9.59 Å². The Labute approximate surface area is 161 Å². The highest BCUT2D eigenvalue weighted by Crippen LogP contribution is 2.46. The standard InChI is InChI=1S/C20H29NO5Si/c1-20(2,3)27(6,7)26-17-15-10-12-8-9-13(24-4)11-14(12)21(15)18(22)16(17)19(23)25-5/h8-9,11,15-17H,10H2,1-7H3/t15-,16+,17-/m1/s1. The molecule has 1 amide bonds. The van der Waals surface area contributed by atoms with Crippen LogP contribution in [0.15, 0.2) is 18.2 Å². The molecule has 0 saturated carbocycles. The fraction of sp³-hybridized carbons (Fsp3) is 0.600. The van der Waals surface area contributed by atoms with E-state index in [4.69, 9.17) is 13.9 Å². The molecule has 27 heavy (non-hydrogen) atoms. The van der Waals surface area contributed by atoms with E-state index >= 15 is 0 Å². The Balaban J connectivity index is 2.02. The number of carbonyl (C=O) groups is 2. The molecule has 3 rings (SSSR count). The molecule has 1 fully saturated rings. The van der Waals surface area contributed by atoms with Crippen molar-refractivity contribution in [3.05, 3.63) is 23.8 Å². The van der Waals surface area contributed by atoms with Crippen molar-refractivity contribution >= 4 is 25.9 Å². The zero-order valence-corrected chi connectivity index (χ0v) is 18.2. The molecule has 6 nitrogen and oxygen atoms in total. The first-order valence-corrected chi connectivity index (χ1v) is 12.2. The summed E-state index contributed by atoms with van der Waals surface area (Å²) in [6.45, 7) is 10.7. The van der Waals surface area contributed by atoms with Gasteiger partial charge in [0.15, 0.2) is 14.2 Å². The summed E-state index contributed by atoms with van der Waals surface area (Å²) < 4.78 is 16.9. The first kappa shape index (κ1) is 19.9. The first-order chi connectivity index (χ1) is 12.5. The molecule has 0 aromatic heterocycles. The predicted molar refractivity (Wildman–Crippen MR) is 106 cm³/mol. The zero-order chi connectivity index (χ0) is 20.1. The maximum absolute atomic E-state index is 13.2. The summed E-state index contributed by atoms with van der Waals surface area (Å²) in [6, 6.07) is 5.54. The maximum atomic E-state index is 13.2. The van der Waals surface area contributed by atoms with Crippen LogP contribution in [0.2, 0.25) is 18.1 Å². The third-order valence-corrected chi connectivity index (χ3v) is 10.7. The average molecular weight is 392 g/mol. The molecule has 7 heteroatoms. The topological polar surface area (TPSA) is 65.1 Å². The van der Waals surface area contributed by atoms with Crippen LogP contribution in [0, 0.1) is 5.92 Å². The molecule has 0 spiro atoms. The third kappa shape index (κ3) is 3.16. The summed E-state index contributed by atoms with van der Waals surface area (Å²) in [7, 11) is 0.724. The van der Waals surface area contributed by atoms with Gasteiger partial charge in [-0.25, -0.2) is 0 Å². The summed E-state index contributed by atoms with van der Waals surface area (Å²) in [5, 5.41) is -0.0290. The molecular formula is C20H29NO5Si. The van der Waals surface area contributed by atoms with E-state index in [9.17, 15) is 9.59 Å². The van der Waals surface area contributed by atoms with Crippen molar-refractivity contribution in [1.82, 2.24) is 0 Å². The van der Waals surface area contributed by atoms with Crippen LogP contribution < -0.4 is 9.64 Å². The lowest BCUT2D eigenvalue weighted by atomic mass is 9.97. The van der Waals surface area contributed by atoms with E-state index in [1.807, 2.05) is 18.2 Å². The molecule has 1 saturated heterocycles. The van der Waals surface area contributed by atoms with Gasteiger partial charge in [0.25, 0.3) is 0 Å². The molecule has 2 aliphatic heterocycles. The highest BCUT2D eigenvalue weighted by atomic mass is 28.4. The van der Waals surface area contributed by atoms with Gasteiger partial charge in [0.2, 0.25) is 5.91 Å². The minimum atomic E-state index is -2.19. The van der Waals surface area contributed by atoms with Crippen molar-refractivity contribution in [1.29, 1.82) is 0 Å². The number of rotatable bonds is 4. The quantitative estimate of drug-likeness (QED) is 0.448. The van der Waals surface area contributed by atoms with Crippen LogP contribution in [-0.2, 0) is 25.2 Å². The number of fused-ring (bicyclic) bond motifs is 3. The van der Waals surface area contributed by atoms with Crippen LogP contribution in [0.4, 0.5) is 5.69 Å². The van der Waals surface area contributed by atoms with Gasteiger partial charge >= 0.3 is 5.97 Å². The molecule has 0 aliphatic carbocycles. The lowest BCUT2D eigenvalue weighted by Gasteiger charge is -2.40. The van der Waals surface area contributed by atoms with Crippen molar-refractivity contribution in [3.63, 3.8) is 0 Å². The summed E-state index contributed by atoms with van der Waals surface area (Å²) in [5.74, 6) is -1.01. The van der Waals surface area contributed by atoms with Crippen molar-refractivity contribution in [3.8, 4) is 5.75 Å². The Hall–Kier alpha value is -1.86. The normalized spacial score (nSPS) is 24.6. The fourth-order valence-electron chi connectivity index (χ4n) is 3.65. The van der Waals surface area contributed by atoms with Gasteiger partial charge in [-0.2, -0.15) is 0 Å². The number of ether oxygens (including phenoxy) is 2. The van der Waals surface area contributed by atoms with E-state index in [0.717, 1.165) is 11.3 Å². The average Bonchev–Trinajstić information content (AvgIpc) is 3.08. The number of methoxy groups -OCH3 is 2. The number of carbonyl (C=O) groups excluding carboxylic acids is 2. The highest BCUT2D eigenvalue weighted by molar-refractivity contribution is 6.74. The van der Waals surface area contributed by atoms with E-state index < -0.39 is 26.3 Å². The Morgan fingerprint density at radius 3 is 2.44 bits per heavy atom. The van der Waals surface area contributed by atoms with Crippen LogP contribution in [0.1, 0.15) is 26.3 Å². The Morgan fingerprint density at radius 2 is 1.89 bits per heavy atom. The summed E-state index contributed by atoms with van der Waals surface area (Å²) in [5.41, 5.74) is 1.88. The van der Waals surface area contributed by atoms with Crippen LogP contribution in [0.5, 0.6) is 5.75 Å². The molecule has 0 radical (unpaired) electrons. The van der Waals surface area contributed by atoms with Crippen molar-refractivity contribution < 1.29 is 23.5 Å². The van der Waals surface area contributed by atoms with Crippen LogP contribution in [0.25, 0.3) is 0 Å². The summed E-state index contributed by atoms with van der Waals surface area (Å²) in [6.07, 6.45) is 0.155. The van der Waals surface area contributed by atoms with E-state index in [1.165, 1.54) is 7.11 Å². The highest BCUT2D eigenvalue weighted by Gasteiger charge is 2.58. The van der Waals surface area contributed by atoms with Crippen LogP contribution in [0.3, 0.4) is 0 Å². The van der Waals surface area contributed by atoms with Gasteiger partial charge in [-0.05, 0) is 36.2 Å². The second kappa shape index (κ2) is 6.63. The largest absolute Gasteiger partial charge is 0.497 e. The zero-order valence-electron chi connectivity index (χ0n) is 17.2. The van der Waals surface area contributed by atoms with Crippen molar-refractivity contribution in [2.75, 3.05) is 19.1 Å². The minimum Gasteiger partial charge on any atom is -0.497 e. The minimum absolute atomic E-state index is 0.0290. The van der Waals surface area contributed by atoms with Gasteiger partial charge in [0, 0.05) is 6.07 Å². The second-order valence-corrected chi connectivity index (χ2v) is 13.6. The van der Waals surface area contributed by atoms with Gasteiger partial charge in [0.05, 0.1) is 32.1 Å². The smallest absolute Gasteiger partial charge is 0.320 e. The molecule has 0 N–H and O–H groups in total. The first-order valence-electron chi connectivity index (χ1n) is 9.27. The predicted octanol–water partition coefficient (Wildman–Crippen LogP) is 3.15. The van der Waals surface area contributed by atoms with Crippen molar-refractivity contribution in [2.24, 2.45) is 5.92 Å². The van der Waals surface area contributed by atoms with Gasteiger partial charge < -0.3 is 18.8 Å². The molecule has 1 aromatic carbocycles. The molecule has 2 heterocycles. The molecule has 1 aromatic rings. The lowest BCUT2D eigenvalue weighted by Crippen LogP contribution is -2.49. The molecule has 2 aliphatic rings. The number of esters is 1. The summed E-state index contributed by atoms with van der Waals surface area (Å²) >= 11 is 0. The van der Waals surface area contributed by atoms with E-state index in [1.54, 1.807) is 12.0 Å². The van der Waals surface area contributed by atoms with E-state index in [0.29, 0.717) is 12.2 Å².